The first-order chi connectivity index (χ1) is 8.93. The number of ether oxygens (including phenoxy) is 2. The lowest BCUT2D eigenvalue weighted by molar-refractivity contribution is 0.187. The average molecular weight is 332 g/mol. The Hall–Kier alpha value is -0.780. The smallest absolute Gasteiger partial charge is 0.174 e. The zero-order valence-corrected chi connectivity index (χ0v) is 13.5. The highest BCUT2D eigenvalue weighted by Gasteiger charge is 2.16. The van der Waals surface area contributed by atoms with Crippen molar-refractivity contribution in [2.24, 2.45) is 0 Å². The molecule has 1 aromatic rings. The molecule has 0 aromatic heterocycles. The SMILES string of the molecule is CCOc1cc(CNC(C)(C)CO)cc(Br)c1OC. The van der Waals surface area contributed by atoms with E-state index in [4.69, 9.17) is 9.47 Å². The van der Waals surface area contributed by atoms with E-state index < -0.39 is 0 Å². The third-order valence-corrected chi connectivity index (χ3v) is 3.33. The van der Waals surface area contributed by atoms with Gasteiger partial charge in [0.15, 0.2) is 11.5 Å². The van der Waals surface area contributed by atoms with Crippen molar-refractivity contribution in [3.05, 3.63) is 22.2 Å². The van der Waals surface area contributed by atoms with Gasteiger partial charge in [-0.15, -0.1) is 0 Å². The van der Waals surface area contributed by atoms with E-state index in [-0.39, 0.29) is 12.1 Å². The number of halogens is 1. The van der Waals surface area contributed by atoms with Crippen molar-refractivity contribution in [2.75, 3.05) is 20.3 Å². The molecule has 19 heavy (non-hydrogen) atoms. The maximum Gasteiger partial charge on any atom is 0.174 e. The predicted molar refractivity (Wildman–Crippen MR) is 79.9 cm³/mol. The number of hydrogen-bond acceptors (Lipinski definition) is 4. The first-order valence-corrected chi connectivity index (χ1v) is 7.08. The van der Waals surface area contributed by atoms with Gasteiger partial charge in [-0.1, -0.05) is 0 Å². The topological polar surface area (TPSA) is 50.7 Å². The van der Waals surface area contributed by atoms with E-state index in [2.05, 4.69) is 21.2 Å². The Morgan fingerprint density at radius 1 is 1.37 bits per heavy atom. The number of nitrogens with one attached hydrogen (secondary N) is 1. The molecule has 0 unspecified atom stereocenters. The molecular weight excluding hydrogens is 310 g/mol. The Labute approximate surface area is 123 Å². The Morgan fingerprint density at radius 2 is 2.05 bits per heavy atom. The predicted octanol–water partition coefficient (Wildman–Crippen LogP) is 2.72. The van der Waals surface area contributed by atoms with Crippen LogP contribution in [-0.2, 0) is 6.54 Å². The molecule has 0 bridgehead atoms. The Kier molecular flexibility index (Phi) is 6.10. The van der Waals surface area contributed by atoms with Crippen molar-refractivity contribution in [1.29, 1.82) is 0 Å². The molecule has 2 N–H and O–H groups in total. The minimum absolute atomic E-state index is 0.0860. The van der Waals surface area contributed by atoms with Crippen LogP contribution in [-0.4, -0.2) is 31.0 Å². The van der Waals surface area contributed by atoms with Crippen LogP contribution in [0.2, 0.25) is 0 Å². The molecule has 4 nitrogen and oxygen atoms in total. The molecule has 0 saturated heterocycles. The monoisotopic (exact) mass is 331 g/mol. The molecule has 1 aromatic carbocycles. The van der Waals surface area contributed by atoms with Crippen molar-refractivity contribution >= 4 is 15.9 Å². The lowest BCUT2D eigenvalue weighted by atomic mass is 10.1. The van der Waals surface area contributed by atoms with Gasteiger partial charge < -0.3 is 19.9 Å². The van der Waals surface area contributed by atoms with Gasteiger partial charge in [-0.3, -0.25) is 0 Å². The second-order valence-electron chi connectivity index (χ2n) is 4.94. The second kappa shape index (κ2) is 7.12. The fourth-order valence-electron chi connectivity index (χ4n) is 1.58. The maximum absolute atomic E-state index is 9.23. The van der Waals surface area contributed by atoms with Gasteiger partial charge >= 0.3 is 0 Å². The van der Waals surface area contributed by atoms with E-state index in [1.54, 1.807) is 7.11 Å². The van der Waals surface area contributed by atoms with Crippen LogP contribution < -0.4 is 14.8 Å². The van der Waals surface area contributed by atoms with E-state index in [1.807, 2.05) is 32.9 Å². The van der Waals surface area contributed by atoms with E-state index in [0.717, 1.165) is 15.8 Å². The molecular formula is C14H22BrNO3. The van der Waals surface area contributed by atoms with Crippen molar-refractivity contribution in [3.8, 4) is 11.5 Å². The number of benzene rings is 1. The van der Waals surface area contributed by atoms with Gasteiger partial charge in [-0.2, -0.15) is 0 Å². The third-order valence-electron chi connectivity index (χ3n) is 2.74. The first kappa shape index (κ1) is 16.3. The summed E-state index contributed by atoms with van der Waals surface area (Å²) in [6.45, 7) is 7.16. The summed E-state index contributed by atoms with van der Waals surface area (Å²) in [5.41, 5.74) is 0.760. The largest absolute Gasteiger partial charge is 0.492 e. The van der Waals surface area contributed by atoms with Gasteiger partial charge in [0.1, 0.15) is 0 Å². The zero-order chi connectivity index (χ0) is 14.5. The highest BCUT2D eigenvalue weighted by atomic mass is 79.9. The van der Waals surface area contributed by atoms with Crippen LogP contribution >= 0.6 is 15.9 Å². The molecule has 108 valence electrons. The number of aliphatic hydroxyl groups is 1. The van der Waals surface area contributed by atoms with E-state index in [9.17, 15) is 5.11 Å². The maximum atomic E-state index is 9.23. The number of aliphatic hydroxyl groups excluding tert-OH is 1. The molecule has 0 aliphatic heterocycles. The minimum Gasteiger partial charge on any atom is -0.492 e. The summed E-state index contributed by atoms with van der Waals surface area (Å²) < 4.78 is 11.8. The molecule has 0 aliphatic rings. The zero-order valence-electron chi connectivity index (χ0n) is 11.9. The molecule has 0 radical (unpaired) electrons. The lowest BCUT2D eigenvalue weighted by Crippen LogP contribution is -2.42. The van der Waals surface area contributed by atoms with Crippen molar-refractivity contribution in [1.82, 2.24) is 5.32 Å². The quantitative estimate of drug-likeness (QED) is 0.806. The molecule has 0 saturated carbocycles. The summed E-state index contributed by atoms with van der Waals surface area (Å²) in [6, 6.07) is 3.94. The van der Waals surface area contributed by atoms with Crippen LogP contribution in [0.5, 0.6) is 11.5 Å². The fourth-order valence-corrected chi connectivity index (χ4v) is 2.23. The van der Waals surface area contributed by atoms with Crippen LogP contribution in [0.25, 0.3) is 0 Å². The normalized spacial score (nSPS) is 11.5. The number of methoxy groups -OCH3 is 1. The summed E-state index contributed by atoms with van der Waals surface area (Å²) in [7, 11) is 1.62. The lowest BCUT2D eigenvalue weighted by Gasteiger charge is -2.24. The van der Waals surface area contributed by atoms with Gasteiger partial charge in [0.25, 0.3) is 0 Å². The Morgan fingerprint density at radius 3 is 2.58 bits per heavy atom. The summed E-state index contributed by atoms with van der Waals surface area (Å²) in [5, 5.41) is 12.5. The van der Waals surface area contributed by atoms with E-state index in [0.29, 0.717) is 18.9 Å². The molecule has 0 heterocycles. The van der Waals surface area contributed by atoms with Crippen molar-refractivity contribution < 1.29 is 14.6 Å². The standard InChI is InChI=1S/C14H22BrNO3/c1-5-19-12-7-10(6-11(15)13(12)18-4)8-16-14(2,3)9-17/h6-7,16-17H,5,8-9H2,1-4H3. The third kappa shape index (κ3) is 4.67. The summed E-state index contributed by atoms with van der Waals surface area (Å²) in [4.78, 5) is 0. The molecule has 0 atom stereocenters. The van der Waals surface area contributed by atoms with Crippen LogP contribution in [0.15, 0.2) is 16.6 Å². The molecule has 0 spiro atoms. The van der Waals surface area contributed by atoms with Gasteiger partial charge in [0, 0.05) is 12.1 Å². The van der Waals surface area contributed by atoms with Gasteiger partial charge in [0.05, 0.1) is 24.8 Å². The van der Waals surface area contributed by atoms with Crippen molar-refractivity contribution in [2.45, 2.75) is 32.9 Å². The van der Waals surface area contributed by atoms with Gasteiger partial charge in [0.2, 0.25) is 0 Å². The molecule has 0 aliphatic carbocycles. The Balaban J connectivity index is 2.91. The summed E-state index contributed by atoms with van der Waals surface area (Å²) in [6.07, 6.45) is 0. The first-order valence-electron chi connectivity index (χ1n) is 6.28. The van der Waals surface area contributed by atoms with Gasteiger partial charge in [-0.05, 0) is 54.4 Å². The van der Waals surface area contributed by atoms with Crippen LogP contribution in [0.4, 0.5) is 0 Å². The Bertz CT molecular complexity index is 421. The van der Waals surface area contributed by atoms with Crippen LogP contribution in [0, 0.1) is 0 Å². The van der Waals surface area contributed by atoms with Crippen LogP contribution in [0.3, 0.4) is 0 Å². The summed E-state index contributed by atoms with van der Waals surface area (Å²) >= 11 is 3.48. The van der Waals surface area contributed by atoms with E-state index in [1.165, 1.54) is 0 Å². The molecule has 1 rings (SSSR count). The molecule has 0 amide bonds. The number of hydrogen-bond donors (Lipinski definition) is 2. The van der Waals surface area contributed by atoms with Crippen molar-refractivity contribution in [3.63, 3.8) is 0 Å². The molecule has 5 heteroatoms. The average Bonchev–Trinajstić information content (AvgIpc) is 2.37. The highest BCUT2D eigenvalue weighted by molar-refractivity contribution is 9.10. The van der Waals surface area contributed by atoms with E-state index >= 15 is 0 Å². The van der Waals surface area contributed by atoms with Crippen LogP contribution in [0.1, 0.15) is 26.3 Å². The second-order valence-corrected chi connectivity index (χ2v) is 5.79. The van der Waals surface area contributed by atoms with Gasteiger partial charge in [-0.25, -0.2) is 0 Å². The molecule has 0 fully saturated rings. The number of rotatable bonds is 7. The summed E-state index contributed by atoms with van der Waals surface area (Å²) in [5.74, 6) is 1.42. The minimum atomic E-state index is -0.307. The fraction of sp³-hybridized carbons (Fsp3) is 0.571. The highest BCUT2D eigenvalue weighted by Crippen LogP contribution is 2.36.